The van der Waals surface area contributed by atoms with Crippen molar-refractivity contribution in [1.82, 2.24) is 15.3 Å². The Bertz CT molecular complexity index is 983. The van der Waals surface area contributed by atoms with Crippen LogP contribution in [0.4, 0.5) is 0 Å². The van der Waals surface area contributed by atoms with Crippen LogP contribution in [0.5, 0.6) is 0 Å². The van der Waals surface area contributed by atoms with Crippen molar-refractivity contribution < 1.29 is 19.5 Å². The fourth-order valence-electron chi connectivity index (χ4n) is 4.27. The second kappa shape index (κ2) is 11.8. The third-order valence-electron chi connectivity index (χ3n) is 6.14. The summed E-state index contributed by atoms with van der Waals surface area (Å²) < 4.78 is 0. The predicted molar refractivity (Wildman–Crippen MR) is 126 cm³/mol. The maximum Gasteiger partial charge on any atom is 0.323 e. The minimum absolute atomic E-state index is 0.0260. The van der Waals surface area contributed by atoms with Crippen LogP contribution in [0.25, 0.3) is 0 Å². The van der Waals surface area contributed by atoms with Crippen LogP contribution >= 0.6 is 0 Å². The van der Waals surface area contributed by atoms with Crippen LogP contribution < -0.4 is 5.48 Å². The third-order valence-corrected chi connectivity index (χ3v) is 6.14. The number of rotatable bonds is 10. The fourth-order valence-corrected chi connectivity index (χ4v) is 4.27. The molecule has 0 spiro atoms. The lowest BCUT2D eigenvalue weighted by Gasteiger charge is -2.34. The molecule has 0 bridgehead atoms. The van der Waals surface area contributed by atoms with E-state index < -0.39 is 5.97 Å². The van der Waals surface area contributed by atoms with Crippen molar-refractivity contribution in [3.05, 3.63) is 71.3 Å². The van der Waals surface area contributed by atoms with Gasteiger partial charge in [-0.15, -0.1) is 0 Å². The van der Waals surface area contributed by atoms with E-state index in [1.807, 2.05) is 23.1 Å². The first kappa shape index (κ1) is 24.0. The summed E-state index contributed by atoms with van der Waals surface area (Å²) in [6.07, 6.45) is 1.67. The van der Waals surface area contributed by atoms with Gasteiger partial charge in [0.05, 0.1) is 31.8 Å². The maximum atomic E-state index is 12.2. The van der Waals surface area contributed by atoms with Gasteiger partial charge in [0.2, 0.25) is 5.91 Å². The Kier molecular flexibility index (Phi) is 8.35. The van der Waals surface area contributed by atoms with E-state index in [9.17, 15) is 9.59 Å². The zero-order valence-corrected chi connectivity index (χ0v) is 19.2. The number of carboxylic acids is 1. The van der Waals surface area contributed by atoms with Crippen molar-refractivity contribution in [3.63, 3.8) is 0 Å². The molecule has 2 aliphatic heterocycles. The molecule has 0 saturated carbocycles. The lowest BCUT2D eigenvalue weighted by Crippen LogP contribution is -2.53. The number of amides is 1. The number of carbonyl (C=O) groups excluding carboxylic acids is 1. The Hall–Kier alpha value is -3.14. The van der Waals surface area contributed by atoms with Gasteiger partial charge in [-0.25, -0.2) is 0 Å². The van der Waals surface area contributed by atoms with Crippen LogP contribution in [0.3, 0.4) is 0 Å². The van der Waals surface area contributed by atoms with E-state index in [1.54, 1.807) is 0 Å². The van der Waals surface area contributed by atoms with Crippen molar-refractivity contribution in [1.29, 1.82) is 0 Å². The zero-order valence-electron chi connectivity index (χ0n) is 19.2. The first-order chi connectivity index (χ1) is 16.6. The first-order valence-corrected chi connectivity index (χ1v) is 11.7. The molecule has 2 heterocycles. The average Bonchev–Trinajstić information content (AvgIpc) is 3.30. The van der Waals surface area contributed by atoms with Crippen LogP contribution in [0.15, 0.2) is 64.8 Å². The minimum Gasteiger partial charge on any atom is -0.480 e. The van der Waals surface area contributed by atoms with Gasteiger partial charge in [-0.1, -0.05) is 54.6 Å². The Morgan fingerprint density at radius 2 is 1.85 bits per heavy atom. The van der Waals surface area contributed by atoms with Gasteiger partial charge in [0, 0.05) is 19.6 Å². The van der Waals surface area contributed by atoms with E-state index >= 15 is 0 Å². The molecule has 4 rings (SSSR count). The molecule has 2 fully saturated rings. The molecule has 2 aromatic rings. The monoisotopic (exact) mass is 465 g/mol. The number of hydrogen-bond donors (Lipinski definition) is 2. The molecule has 2 saturated heterocycles. The Morgan fingerprint density at radius 1 is 1.06 bits per heavy atom. The highest BCUT2D eigenvalue weighted by Gasteiger charge is 2.31. The van der Waals surface area contributed by atoms with Gasteiger partial charge >= 0.3 is 5.97 Å². The molecule has 9 heteroatoms. The summed E-state index contributed by atoms with van der Waals surface area (Å²) in [5, 5.41) is 17.5. The van der Waals surface area contributed by atoms with Crippen molar-refractivity contribution in [3.8, 4) is 0 Å². The van der Waals surface area contributed by atoms with Gasteiger partial charge in [0.15, 0.2) is 0 Å². The summed E-state index contributed by atoms with van der Waals surface area (Å²) in [5.74, 6) is -1.13. The Morgan fingerprint density at radius 3 is 2.59 bits per heavy atom. The van der Waals surface area contributed by atoms with Gasteiger partial charge in [0.1, 0.15) is 6.54 Å². The standard InChI is InChI=1S/C25H31N5O4/c31-24-17-29(12-13-30(24)18-25(32)33)16-22-14-23(28-34-22)21-8-6-20(7-9-21)15-27-26-11-10-19-4-2-1-3-5-19/h1-9,22-23,28H,10-18H2,(H,32,33). The average molecular weight is 466 g/mol. The number of azo groups is 1. The van der Waals surface area contributed by atoms with E-state index in [0.29, 0.717) is 32.7 Å². The van der Waals surface area contributed by atoms with Gasteiger partial charge in [0.25, 0.3) is 0 Å². The first-order valence-electron chi connectivity index (χ1n) is 11.7. The largest absolute Gasteiger partial charge is 0.480 e. The van der Waals surface area contributed by atoms with Gasteiger partial charge in [-0.2, -0.15) is 15.7 Å². The van der Waals surface area contributed by atoms with E-state index in [2.05, 4.69) is 52.1 Å². The summed E-state index contributed by atoms with van der Waals surface area (Å²) in [7, 11) is 0. The van der Waals surface area contributed by atoms with Crippen molar-refractivity contribution in [2.75, 3.05) is 39.3 Å². The number of aliphatic carboxylic acids is 1. The summed E-state index contributed by atoms with van der Waals surface area (Å²) in [6, 6.07) is 18.7. The number of nitrogens with one attached hydrogen (secondary N) is 1. The van der Waals surface area contributed by atoms with E-state index in [-0.39, 0.29) is 31.1 Å². The fraction of sp³-hybridized carbons (Fsp3) is 0.440. The van der Waals surface area contributed by atoms with E-state index in [4.69, 9.17) is 9.94 Å². The van der Waals surface area contributed by atoms with Crippen LogP contribution in [0.1, 0.15) is 29.2 Å². The van der Waals surface area contributed by atoms with Crippen LogP contribution in [0, 0.1) is 0 Å². The second-order valence-corrected chi connectivity index (χ2v) is 8.73. The smallest absolute Gasteiger partial charge is 0.323 e. The molecule has 0 aliphatic carbocycles. The molecule has 1 amide bonds. The van der Waals surface area contributed by atoms with Gasteiger partial charge < -0.3 is 10.0 Å². The van der Waals surface area contributed by atoms with Crippen molar-refractivity contribution in [2.24, 2.45) is 10.2 Å². The van der Waals surface area contributed by atoms with Crippen LogP contribution in [-0.4, -0.2) is 72.2 Å². The normalized spacial score (nSPS) is 21.4. The lowest BCUT2D eigenvalue weighted by molar-refractivity contribution is -0.147. The molecule has 0 radical (unpaired) electrons. The highest BCUT2D eigenvalue weighted by molar-refractivity contribution is 5.83. The molecule has 2 aromatic carbocycles. The summed E-state index contributed by atoms with van der Waals surface area (Å²) in [5.41, 5.74) is 6.64. The zero-order chi connectivity index (χ0) is 23.8. The topological polar surface area (TPSA) is 107 Å². The summed E-state index contributed by atoms with van der Waals surface area (Å²) >= 11 is 0. The van der Waals surface area contributed by atoms with E-state index in [0.717, 1.165) is 24.0 Å². The number of piperazine rings is 1. The molecular formula is C25H31N5O4. The molecule has 180 valence electrons. The van der Waals surface area contributed by atoms with Crippen molar-refractivity contribution >= 4 is 11.9 Å². The summed E-state index contributed by atoms with van der Waals surface area (Å²) in [4.78, 5) is 32.2. The Labute approximate surface area is 199 Å². The third kappa shape index (κ3) is 6.93. The number of benzene rings is 2. The number of hydroxylamine groups is 1. The molecule has 2 N–H and O–H groups in total. The second-order valence-electron chi connectivity index (χ2n) is 8.73. The van der Waals surface area contributed by atoms with Gasteiger partial charge in [-0.3, -0.25) is 19.3 Å². The predicted octanol–water partition coefficient (Wildman–Crippen LogP) is 2.44. The van der Waals surface area contributed by atoms with E-state index in [1.165, 1.54) is 10.5 Å². The highest BCUT2D eigenvalue weighted by Crippen LogP contribution is 2.26. The minimum atomic E-state index is -0.981. The van der Waals surface area contributed by atoms with Gasteiger partial charge in [-0.05, 0) is 29.5 Å². The Balaban J connectivity index is 1.18. The molecule has 34 heavy (non-hydrogen) atoms. The van der Waals surface area contributed by atoms with Crippen LogP contribution in [0.2, 0.25) is 0 Å². The van der Waals surface area contributed by atoms with Crippen molar-refractivity contribution in [2.45, 2.75) is 31.5 Å². The highest BCUT2D eigenvalue weighted by atomic mass is 16.7. The number of nitrogens with zero attached hydrogens (tertiary/aromatic N) is 4. The molecule has 2 atom stereocenters. The molecule has 9 nitrogen and oxygen atoms in total. The lowest BCUT2D eigenvalue weighted by atomic mass is 10.0. The number of carboxylic acid groups (broad SMARTS) is 1. The molecule has 2 unspecified atom stereocenters. The number of carbonyl (C=O) groups is 2. The van der Waals surface area contributed by atoms with Crippen LogP contribution in [-0.2, 0) is 27.4 Å². The quantitative estimate of drug-likeness (QED) is 0.522. The summed E-state index contributed by atoms with van der Waals surface area (Å²) in [6.45, 7) is 2.96. The SMILES string of the molecule is O=C(O)CN1CCN(CC2CC(c3ccc(CN=NCCc4ccccc4)cc3)NO2)CC1=O. The number of hydrogen-bond acceptors (Lipinski definition) is 7. The molecular weight excluding hydrogens is 434 g/mol. The molecule has 2 aliphatic rings. The maximum absolute atomic E-state index is 12.2. The molecule has 0 aromatic heterocycles.